The number of anilines is 1. The van der Waals surface area contributed by atoms with Crippen molar-refractivity contribution in [2.45, 2.75) is 19.3 Å². The van der Waals surface area contributed by atoms with Crippen LogP contribution in [0.25, 0.3) is 10.1 Å². The number of piperidine rings is 1. The summed E-state index contributed by atoms with van der Waals surface area (Å²) < 4.78 is 11.4. The highest BCUT2D eigenvalue weighted by Crippen LogP contribution is 2.34. The van der Waals surface area contributed by atoms with Gasteiger partial charge in [-0.1, -0.05) is 11.3 Å². The predicted molar refractivity (Wildman–Crippen MR) is 85.1 cm³/mol. The smallest absolute Gasteiger partial charge is 0.281 e. The quantitative estimate of drug-likeness (QED) is 0.872. The number of hydrogen-bond acceptors (Lipinski definition) is 6. The first-order valence-corrected chi connectivity index (χ1v) is 7.86. The fourth-order valence-electron chi connectivity index (χ4n) is 2.60. The third-order valence-corrected chi connectivity index (χ3v) is 4.83. The molecular weight excluding hydrogens is 288 g/mol. The largest absolute Gasteiger partial charge is 0.493 e. The third kappa shape index (κ3) is 2.68. The van der Waals surface area contributed by atoms with Gasteiger partial charge in [0.25, 0.3) is 5.56 Å². The normalized spacial score (nSPS) is 15.2. The van der Waals surface area contributed by atoms with Crippen molar-refractivity contribution in [3.8, 4) is 11.5 Å². The fourth-order valence-corrected chi connectivity index (χ4v) is 3.66. The molecule has 5 nitrogen and oxygen atoms in total. The molecule has 1 aromatic heterocycles. The Morgan fingerprint density at radius 3 is 2.43 bits per heavy atom. The van der Waals surface area contributed by atoms with E-state index in [1.165, 1.54) is 17.8 Å². The Hall–Kier alpha value is -1.82. The molecule has 0 saturated carbocycles. The fraction of sp³-hybridized carbons (Fsp3) is 0.467. The maximum atomic E-state index is 12.3. The van der Waals surface area contributed by atoms with E-state index in [1.54, 1.807) is 20.3 Å². The lowest BCUT2D eigenvalue weighted by molar-refractivity contribution is 0.356. The van der Waals surface area contributed by atoms with Gasteiger partial charge in [-0.25, -0.2) is 0 Å². The van der Waals surface area contributed by atoms with Crippen LogP contribution in [0.3, 0.4) is 0 Å². The number of ether oxygens (including phenoxy) is 2. The van der Waals surface area contributed by atoms with Gasteiger partial charge in [0, 0.05) is 23.9 Å². The van der Waals surface area contributed by atoms with Crippen molar-refractivity contribution in [1.82, 2.24) is 4.98 Å². The number of benzene rings is 1. The van der Waals surface area contributed by atoms with Crippen molar-refractivity contribution < 1.29 is 9.47 Å². The second kappa shape index (κ2) is 5.89. The van der Waals surface area contributed by atoms with Crippen molar-refractivity contribution in [2.75, 3.05) is 32.2 Å². The van der Waals surface area contributed by atoms with Crippen LogP contribution in [-0.4, -0.2) is 32.3 Å². The van der Waals surface area contributed by atoms with E-state index in [4.69, 9.17) is 9.47 Å². The van der Waals surface area contributed by atoms with Gasteiger partial charge in [0.2, 0.25) is 0 Å². The molecule has 1 aliphatic rings. The molecule has 0 aliphatic carbocycles. The van der Waals surface area contributed by atoms with E-state index in [2.05, 4.69) is 9.88 Å². The Balaban J connectivity index is 2.11. The molecule has 0 N–H and O–H groups in total. The zero-order valence-electron chi connectivity index (χ0n) is 12.2. The third-order valence-electron chi connectivity index (χ3n) is 3.74. The van der Waals surface area contributed by atoms with E-state index in [9.17, 15) is 4.79 Å². The minimum absolute atomic E-state index is 0.203. The zero-order valence-corrected chi connectivity index (χ0v) is 13.0. The SMILES string of the molecule is COc1cc2sc(N3CCCCC3)nc(=O)c2cc1OC. The first-order chi connectivity index (χ1) is 10.2. The standard InChI is InChI=1S/C15H18N2O3S/c1-19-11-8-10-13(9-12(11)20-2)21-15(16-14(10)18)17-6-4-3-5-7-17/h8-9H,3-7H2,1-2H3. The molecule has 0 bridgehead atoms. The minimum Gasteiger partial charge on any atom is -0.493 e. The van der Waals surface area contributed by atoms with Crippen LogP contribution < -0.4 is 19.9 Å². The Morgan fingerprint density at radius 2 is 1.76 bits per heavy atom. The highest BCUT2D eigenvalue weighted by atomic mass is 32.1. The van der Waals surface area contributed by atoms with Gasteiger partial charge in [-0.05, 0) is 25.3 Å². The number of aromatic nitrogens is 1. The van der Waals surface area contributed by atoms with Crippen molar-refractivity contribution in [2.24, 2.45) is 0 Å². The van der Waals surface area contributed by atoms with Crippen molar-refractivity contribution >= 4 is 26.6 Å². The Morgan fingerprint density at radius 1 is 1.10 bits per heavy atom. The summed E-state index contributed by atoms with van der Waals surface area (Å²) in [5, 5.41) is 1.39. The van der Waals surface area contributed by atoms with E-state index in [0.29, 0.717) is 16.9 Å². The molecule has 1 saturated heterocycles. The van der Waals surface area contributed by atoms with E-state index >= 15 is 0 Å². The van der Waals surface area contributed by atoms with E-state index < -0.39 is 0 Å². The van der Waals surface area contributed by atoms with Gasteiger partial charge in [0.05, 0.1) is 19.6 Å². The molecule has 0 radical (unpaired) electrons. The monoisotopic (exact) mass is 306 g/mol. The summed E-state index contributed by atoms with van der Waals surface area (Å²) in [4.78, 5) is 18.7. The molecule has 0 spiro atoms. The molecular formula is C15H18N2O3S. The van der Waals surface area contributed by atoms with E-state index in [-0.39, 0.29) is 5.56 Å². The minimum atomic E-state index is -0.203. The van der Waals surface area contributed by atoms with Gasteiger partial charge < -0.3 is 14.4 Å². The lowest BCUT2D eigenvalue weighted by atomic mass is 10.1. The maximum absolute atomic E-state index is 12.3. The maximum Gasteiger partial charge on any atom is 0.281 e. The molecule has 2 aromatic rings. The van der Waals surface area contributed by atoms with Crippen LogP contribution in [0, 0.1) is 0 Å². The molecule has 1 aromatic carbocycles. The van der Waals surface area contributed by atoms with Crippen molar-refractivity contribution in [3.63, 3.8) is 0 Å². The zero-order chi connectivity index (χ0) is 14.8. The molecule has 1 aliphatic heterocycles. The van der Waals surface area contributed by atoms with Gasteiger partial charge in [-0.15, -0.1) is 0 Å². The molecule has 0 amide bonds. The first kappa shape index (κ1) is 14.1. The van der Waals surface area contributed by atoms with Crippen LogP contribution in [0.5, 0.6) is 11.5 Å². The summed E-state index contributed by atoms with van der Waals surface area (Å²) in [6.07, 6.45) is 3.57. The van der Waals surface area contributed by atoms with Gasteiger partial charge in [-0.3, -0.25) is 4.79 Å². The van der Waals surface area contributed by atoms with Crippen molar-refractivity contribution in [1.29, 1.82) is 0 Å². The molecule has 112 valence electrons. The number of fused-ring (bicyclic) bond motifs is 1. The lowest BCUT2D eigenvalue weighted by Crippen LogP contribution is -2.30. The first-order valence-electron chi connectivity index (χ1n) is 7.05. The van der Waals surface area contributed by atoms with Crippen LogP contribution >= 0.6 is 11.3 Å². The highest BCUT2D eigenvalue weighted by molar-refractivity contribution is 7.21. The lowest BCUT2D eigenvalue weighted by Gasteiger charge is -2.26. The van der Waals surface area contributed by atoms with E-state index in [1.807, 2.05) is 6.07 Å². The average Bonchev–Trinajstić information content (AvgIpc) is 2.54. The highest BCUT2D eigenvalue weighted by Gasteiger charge is 2.16. The Kier molecular flexibility index (Phi) is 3.96. The second-order valence-corrected chi connectivity index (χ2v) is 6.06. The van der Waals surface area contributed by atoms with Crippen LogP contribution in [0.2, 0.25) is 0 Å². The topological polar surface area (TPSA) is 51.7 Å². The molecule has 2 heterocycles. The summed E-state index contributed by atoms with van der Waals surface area (Å²) in [6, 6.07) is 3.56. The number of rotatable bonds is 3. The van der Waals surface area contributed by atoms with Crippen LogP contribution in [0.1, 0.15) is 19.3 Å². The number of hydrogen-bond donors (Lipinski definition) is 0. The molecule has 21 heavy (non-hydrogen) atoms. The molecule has 0 unspecified atom stereocenters. The van der Waals surface area contributed by atoms with Crippen LogP contribution in [-0.2, 0) is 0 Å². The van der Waals surface area contributed by atoms with Gasteiger partial charge in [-0.2, -0.15) is 4.98 Å². The second-order valence-electron chi connectivity index (χ2n) is 5.05. The summed E-state index contributed by atoms with van der Waals surface area (Å²) in [6.45, 7) is 1.95. The summed E-state index contributed by atoms with van der Waals surface area (Å²) in [7, 11) is 3.16. The van der Waals surface area contributed by atoms with Crippen LogP contribution in [0.4, 0.5) is 5.13 Å². The average molecular weight is 306 g/mol. The molecule has 1 fully saturated rings. The van der Waals surface area contributed by atoms with Crippen LogP contribution in [0.15, 0.2) is 16.9 Å². The summed E-state index contributed by atoms with van der Waals surface area (Å²) in [5.74, 6) is 1.19. The Labute approximate surface area is 127 Å². The molecule has 3 rings (SSSR count). The summed E-state index contributed by atoms with van der Waals surface area (Å²) in [5.41, 5.74) is -0.203. The summed E-state index contributed by atoms with van der Waals surface area (Å²) >= 11 is 1.54. The van der Waals surface area contributed by atoms with E-state index in [0.717, 1.165) is 35.8 Å². The predicted octanol–water partition coefficient (Wildman–Crippen LogP) is 2.66. The number of nitrogens with zero attached hydrogens (tertiary/aromatic N) is 2. The Bertz CT molecular complexity index is 708. The van der Waals surface area contributed by atoms with Gasteiger partial charge >= 0.3 is 0 Å². The van der Waals surface area contributed by atoms with Crippen molar-refractivity contribution in [3.05, 3.63) is 22.5 Å². The number of methoxy groups -OCH3 is 2. The van der Waals surface area contributed by atoms with Gasteiger partial charge in [0.1, 0.15) is 0 Å². The van der Waals surface area contributed by atoms with Gasteiger partial charge in [0.15, 0.2) is 16.6 Å². The molecule has 0 atom stereocenters. The molecule has 6 heteroatoms.